The van der Waals surface area contributed by atoms with Gasteiger partial charge < -0.3 is 9.72 Å². The van der Waals surface area contributed by atoms with Crippen LogP contribution in [0.5, 0.6) is 5.75 Å². The lowest BCUT2D eigenvalue weighted by atomic mass is 10.1. The Labute approximate surface area is 186 Å². The van der Waals surface area contributed by atoms with E-state index in [1.54, 1.807) is 31.6 Å². The van der Waals surface area contributed by atoms with Crippen LogP contribution in [0, 0.1) is 0 Å². The summed E-state index contributed by atoms with van der Waals surface area (Å²) in [6.45, 7) is 1.20. The lowest BCUT2D eigenvalue weighted by molar-refractivity contribution is 0.309. The van der Waals surface area contributed by atoms with Gasteiger partial charge in [0.25, 0.3) is 0 Å². The first kappa shape index (κ1) is 20.6. The minimum Gasteiger partial charge on any atom is -0.497 e. The van der Waals surface area contributed by atoms with Gasteiger partial charge in [-0.2, -0.15) is 4.31 Å². The van der Waals surface area contributed by atoms with E-state index >= 15 is 0 Å². The molecule has 1 aliphatic heterocycles. The van der Waals surface area contributed by atoms with Crippen molar-refractivity contribution < 1.29 is 13.2 Å². The van der Waals surface area contributed by atoms with Crippen LogP contribution >= 0.6 is 0 Å². The molecular weight excluding hydrogens is 426 g/mol. The molecule has 1 fully saturated rings. The molecule has 32 heavy (non-hydrogen) atoms. The van der Waals surface area contributed by atoms with Gasteiger partial charge in [-0.1, -0.05) is 12.1 Å². The minimum absolute atomic E-state index is 0.324. The average Bonchev–Trinajstić information content (AvgIpc) is 3.18. The molecule has 0 aliphatic carbocycles. The molecule has 5 rings (SSSR count). The van der Waals surface area contributed by atoms with E-state index < -0.39 is 10.0 Å². The fraction of sp³-hybridized carbons (Fsp3) is 0.261. The third kappa shape index (κ3) is 3.96. The van der Waals surface area contributed by atoms with Crippen LogP contribution in [0.4, 0.5) is 0 Å². The van der Waals surface area contributed by atoms with E-state index in [9.17, 15) is 8.42 Å². The number of ether oxygens (including phenoxy) is 1. The largest absolute Gasteiger partial charge is 0.497 e. The second kappa shape index (κ2) is 8.33. The van der Waals surface area contributed by atoms with Crippen LogP contribution in [-0.4, -0.2) is 52.9 Å². The Morgan fingerprint density at radius 1 is 1.03 bits per heavy atom. The van der Waals surface area contributed by atoms with E-state index in [0.717, 1.165) is 46.8 Å². The lowest BCUT2D eigenvalue weighted by Crippen LogP contribution is -2.41. The molecule has 1 aromatic carbocycles. The van der Waals surface area contributed by atoms with Gasteiger partial charge in [0, 0.05) is 49.2 Å². The number of methoxy groups -OCH3 is 1. The number of imidazole rings is 1. The molecule has 0 atom stereocenters. The molecule has 4 aromatic rings. The summed E-state index contributed by atoms with van der Waals surface area (Å²) in [5.41, 5.74) is 4.23. The van der Waals surface area contributed by atoms with Gasteiger partial charge in [0.1, 0.15) is 11.6 Å². The number of fused-ring (bicyclic) bond motifs is 1. The van der Waals surface area contributed by atoms with Crippen molar-refractivity contribution >= 4 is 21.2 Å². The normalized spacial score (nSPS) is 14.4. The molecule has 0 radical (unpaired) electrons. The number of aromatic nitrogens is 4. The van der Waals surface area contributed by atoms with Crippen molar-refractivity contribution in [3.8, 4) is 16.9 Å². The highest BCUT2D eigenvalue weighted by Crippen LogP contribution is 2.26. The number of benzene rings is 1. The maximum atomic E-state index is 12.5. The molecule has 0 spiro atoms. The van der Waals surface area contributed by atoms with Crippen molar-refractivity contribution in [1.82, 2.24) is 24.2 Å². The average molecular weight is 450 g/mol. The first-order chi connectivity index (χ1) is 15.5. The fourth-order valence-electron chi connectivity index (χ4n) is 3.69. The van der Waals surface area contributed by atoms with Gasteiger partial charge in [-0.05, 0) is 42.7 Å². The van der Waals surface area contributed by atoms with Crippen molar-refractivity contribution in [2.75, 3.05) is 20.2 Å². The summed E-state index contributed by atoms with van der Waals surface area (Å²) in [6, 6.07) is 12.7. The van der Waals surface area contributed by atoms with E-state index in [0.29, 0.717) is 30.1 Å². The number of aromatic amines is 1. The second-order valence-corrected chi connectivity index (χ2v) is 9.69. The van der Waals surface area contributed by atoms with Gasteiger partial charge >= 0.3 is 0 Å². The molecule has 0 saturated carbocycles. The van der Waals surface area contributed by atoms with Gasteiger partial charge in [-0.15, -0.1) is 0 Å². The van der Waals surface area contributed by atoms with Gasteiger partial charge in [0.2, 0.25) is 10.0 Å². The maximum absolute atomic E-state index is 12.5. The summed E-state index contributed by atoms with van der Waals surface area (Å²) in [6.07, 6.45) is 5.85. The number of H-pyrrole nitrogens is 1. The predicted octanol–water partition coefficient (Wildman–Crippen LogP) is 3.21. The Morgan fingerprint density at radius 3 is 2.56 bits per heavy atom. The Kier molecular flexibility index (Phi) is 5.36. The Morgan fingerprint density at radius 2 is 1.84 bits per heavy atom. The van der Waals surface area contributed by atoms with Crippen molar-refractivity contribution in [2.24, 2.45) is 0 Å². The van der Waals surface area contributed by atoms with E-state index in [1.807, 2.05) is 30.3 Å². The highest BCUT2D eigenvalue weighted by atomic mass is 32.2. The lowest BCUT2D eigenvalue weighted by Gasteiger charge is -2.29. The van der Waals surface area contributed by atoms with Crippen molar-refractivity contribution in [3.63, 3.8) is 0 Å². The number of sulfonamides is 1. The minimum atomic E-state index is -3.38. The van der Waals surface area contributed by atoms with E-state index in [-0.39, 0.29) is 0 Å². The number of hydrogen-bond donors (Lipinski definition) is 1. The standard InChI is InChI=1S/C23H23N5O3S/c1-31-19-9-10-24-18(14-19)5-8-22-26-21-13-17(15-25-23(21)27-22)16-3-6-20(7-4-16)32(29,30)28-11-2-12-28/h3-4,6-7,9-10,13-15H,2,5,8,11-12H2,1H3,(H,25,26,27). The summed E-state index contributed by atoms with van der Waals surface area (Å²) >= 11 is 0. The Hall–Kier alpha value is -3.30. The van der Waals surface area contributed by atoms with Gasteiger partial charge in [-0.3, -0.25) is 4.98 Å². The van der Waals surface area contributed by atoms with Crippen LogP contribution in [0.2, 0.25) is 0 Å². The number of nitrogens with one attached hydrogen (secondary N) is 1. The quantitative estimate of drug-likeness (QED) is 0.465. The third-order valence-corrected chi connectivity index (χ3v) is 7.58. The topological polar surface area (TPSA) is 101 Å². The SMILES string of the molecule is COc1ccnc(CCc2nc3ncc(-c4ccc(S(=O)(=O)N5CCC5)cc4)cc3[nH]2)c1. The van der Waals surface area contributed by atoms with E-state index in [2.05, 4.69) is 19.9 Å². The first-order valence-corrected chi connectivity index (χ1v) is 11.9. The molecule has 0 bridgehead atoms. The van der Waals surface area contributed by atoms with Crippen LogP contribution in [0.1, 0.15) is 17.9 Å². The van der Waals surface area contributed by atoms with Crippen molar-refractivity contribution in [3.05, 3.63) is 66.4 Å². The van der Waals surface area contributed by atoms with E-state index in [1.165, 1.54) is 4.31 Å². The number of hydrogen-bond acceptors (Lipinski definition) is 6. The molecule has 8 nitrogen and oxygen atoms in total. The zero-order chi connectivity index (χ0) is 22.1. The molecular formula is C23H23N5O3S. The first-order valence-electron chi connectivity index (χ1n) is 10.5. The van der Waals surface area contributed by atoms with Crippen LogP contribution in [0.3, 0.4) is 0 Å². The Balaban J connectivity index is 1.33. The van der Waals surface area contributed by atoms with Gasteiger partial charge in [0.15, 0.2) is 5.65 Å². The predicted molar refractivity (Wildman–Crippen MR) is 121 cm³/mol. The molecule has 3 aromatic heterocycles. The molecule has 4 heterocycles. The molecule has 0 amide bonds. The Bertz CT molecular complexity index is 1360. The zero-order valence-electron chi connectivity index (χ0n) is 17.7. The number of rotatable bonds is 7. The second-order valence-electron chi connectivity index (χ2n) is 7.75. The van der Waals surface area contributed by atoms with Crippen LogP contribution in [-0.2, 0) is 22.9 Å². The van der Waals surface area contributed by atoms with Crippen LogP contribution in [0.25, 0.3) is 22.3 Å². The van der Waals surface area contributed by atoms with Crippen molar-refractivity contribution in [2.45, 2.75) is 24.2 Å². The highest BCUT2D eigenvalue weighted by molar-refractivity contribution is 7.89. The molecule has 0 unspecified atom stereocenters. The number of pyridine rings is 2. The summed E-state index contributed by atoms with van der Waals surface area (Å²) in [4.78, 5) is 17.1. The maximum Gasteiger partial charge on any atom is 0.243 e. The number of nitrogens with zero attached hydrogens (tertiary/aromatic N) is 4. The zero-order valence-corrected chi connectivity index (χ0v) is 18.5. The summed E-state index contributed by atoms with van der Waals surface area (Å²) in [5, 5.41) is 0. The molecule has 9 heteroatoms. The monoisotopic (exact) mass is 449 g/mol. The molecule has 164 valence electrons. The summed E-state index contributed by atoms with van der Waals surface area (Å²) in [7, 11) is -1.74. The van der Waals surface area contributed by atoms with Gasteiger partial charge in [-0.25, -0.2) is 18.4 Å². The van der Waals surface area contributed by atoms with Crippen LogP contribution in [0.15, 0.2) is 59.8 Å². The molecule has 1 saturated heterocycles. The molecule has 1 N–H and O–H groups in total. The van der Waals surface area contributed by atoms with Crippen LogP contribution < -0.4 is 4.74 Å². The number of aryl methyl sites for hydroxylation is 2. The smallest absolute Gasteiger partial charge is 0.243 e. The summed E-state index contributed by atoms with van der Waals surface area (Å²) in [5.74, 6) is 1.62. The molecule has 1 aliphatic rings. The van der Waals surface area contributed by atoms with Gasteiger partial charge in [0.05, 0.1) is 17.5 Å². The summed E-state index contributed by atoms with van der Waals surface area (Å²) < 4.78 is 31.8. The highest BCUT2D eigenvalue weighted by Gasteiger charge is 2.29. The fourth-order valence-corrected chi connectivity index (χ4v) is 5.21. The van der Waals surface area contributed by atoms with E-state index in [4.69, 9.17) is 4.74 Å². The van der Waals surface area contributed by atoms with Crippen molar-refractivity contribution in [1.29, 1.82) is 0 Å². The third-order valence-electron chi connectivity index (χ3n) is 5.67.